The Morgan fingerprint density at radius 1 is 1.36 bits per heavy atom. The number of carbonyl (C=O) groups is 1. The van der Waals surface area contributed by atoms with Gasteiger partial charge in [0.05, 0.1) is 11.6 Å². The smallest absolute Gasteiger partial charge is 0.433 e. The molecule has 0 saturated carbocycles. The first-order valence-electron chi connectivity index (χ1n) is 7.76. The number of amides is 1. The number of fused-ring (bicyclic) bond motifs is 1. The summed E-state index contributed by atoms with van der Waals surface area (Å²) in [4.78, 5) is 34.0. The van der Waals surface area contributed by atoms with Gasteiger partial charge in [-0.3, -0.25) is 10.1 Å². The summed E-state index contributed by atoms with van der Waals surface area (Å²) in [6, 6.07) is 0.361. The summed E-state index contributed by atoms with van der Waals surface area (Å²) in [6.07, 6.45) is -3.10. The van der Waals surface area contributed by atoms with Crippen LogP contribution in [0.25, 0.3) is 11.2 Å². The number of rotatable bonds is 5. The predicted octanol–water partition coefficient (Wildman–Crippen LogP) is 1.96. The Morgan fingerprint density at radius 3 is 2.79 bits per heavy atom. The summed E-state index contributed by atoms with van der Waals surface area (Å²) in [5.74, 6) is -2.29. The summed E-state index contributed by atoms with van der Waals surface area (Å²) in [5, 5.41) is 11.2. The van der Waals surface area contributed by atoms with E-state index in [-0.39, 0.29) is 5.95 Å². The summed E-state index contributed by atoms with van der Waals surface area (Å²) in [5.41, 5.74) is 5.04. The maximum absolute atomic E-state index is 12.8. The Hall–Kier alpha value is -3.16. The third kappa shape index (κ3) is 4.21. The van der Waals surface area contributed by atoms with Crippen molar-refractivity contribution in [1.29, 1.82) is 0 Å². The second-order valence-electron chi connectivity index (χ2n) is 5.42. The van der Waals surface area contributed by atoms with E-state index in [9.17, 15) is 23.1 Å². The van der Waals surface area contributed by atoms with Crippen LogP contribution in [0.1, 0.15) is 19.0 Å². The van der Waals surface area contributed by atoms with Gasteiger partial charge in [0.25, 0.3) is 0 Å². The van der Waals surface area contributed by atoms with Gasteiger partial charge >= 0.3 is 6.18 Å². The van der Waals surface area contributed by atoms with Crippen molar-refractivity contribution in [3.8, 4) is 5.88 Å². The van der Waals surface area contributed by atoms with Gasteiger partial charge in [0.15, 0.2) is 11.3 Å². The second-order valence-corrected chi connectivity index (χ2v) is 6.62. The van der Waals surface area contributed by atoms with Crippen LogP contribution < -0.4 is 11.1 Å². The number of anilines is 2. The van der Waals surface area contributed by atoms with Crippen molar-refractivity contribution in [2.24, 2.45) is 0 Å². The van der Waals surface area contributed by atoms with Crippen LogP contribution >= 0.6 is 11.8 Å². The minimum absolute atomic E-state index is 0.0384. The normalized spacial score (nSPS) is 12.9. The van der Waals surface area contributed by atoms with E-state index in [1.807, 2.05) is 0 Å². The van der Waals surface area contributed by atoms with Gasteiger partial charge in [0.2, 0.25) is 23.7 Å². The topological polar surface area (TPSA) is 156 Å². The Labute approximate surface area is 159 Å². The summed E-state index contributed by atoms with van der Waals surface area (Å²) in [7, 11) is 0. The molecule has 0 aliphatic rings. The average molecular weight is 414 g/mol. The molecule has 5 N–H and O–H groups in total. The van der Waals surface area contributed by atoms with Crippen LogP contribution in [0.5, 0.6) is 5.88 Å². The number of aromatic hydroxyl groups is 1. The molecule has 3 rings (SSSR count). The largest absolute Gasteiger partial charge is 0.493 e. The van der Waals surface area contributed by atoms with E-state index in [1.165, 1.54) is 6.33 Å². The number of thioether (sulfide) groups is 1. The fourth-order valence-corrected chi connectivity index (χ4v) is 3.21. The van der Waals surface area contributed by atoms with Gasteiger partial charge < -0.3 is 15.8 Å². The number of nitrogens with zero attached hydrogens (tertiary/aromatic N) is 5. The molecule has 10 nitrogen and oxygen atoms in total. The number of aromatic nitrogens is 6. The maximum Gasteiger partial charge on any atom is 0.433 e. The molecule has 28 heavy (non-hydrogen) atoms. The molecule has 0 spiro atoms. The van der Waals surface area contributed by atoms with Gasteiger partial charge in [-0.15, -0.1) is 0 Å². The Morgan fingerprint density at radius 2 is 2.11 bits per heavy atom. The molecule has 0 aromatic carbocycles. The van der Waals surface area contributed by atoms with Gasteiger partial charge in [-0.2, -0.15) is 23.1 Å². The number of halogens is 3. The zero-order valence-corrected chi connectivity index (χ0v) is 15.0. The zero-order valence-electron chi connectivity index (χ0n) is 14.2. The van der Waals surface area contributed by atoms with Gasteiger partial charge in [-0.05, 0) is 6.42 Å². The third-order valence-electron chi connectivity index (χ3n) is 3.42. The van der Waals surface area contributed by atoms with E-state index >= 15 is 0 Å². The van der Waals surface area contributed by atoms with Crippen molar-refractivity contribution in [3.05, 3.63) is 18.1 Å². The lowest BCUT2D eigenvalue weighted by Crippen LogP contribution is -2.26. The SMILES string of the molecule is CC[C@@H](Sc1nc(N)nc2nc[nH]c12)C(=O)Nc1nc(O)cc(C(F)(F)F)n1. The van der Waals surface area contributed by atoms with E-state index < -0.39 is 34.9 Å². The molecule has 3 aromatic rings. The Bertz CT molecular complexity index is 1030. The van der Waals surface area contributed by atoms with Crippen LogP contribution in [-0.4, -0.2) is 46.2 Å². The Kier molecular flexibility index (Phi) is 5.22. The number of hydrogen-bond donors (Lipinski definition) is 4. The molecule has 1 atom stereocenters. The molecule has 1 amide bonds. The van der Waals surface area contributed by atoms with Crippen molar-refractivity contribution in [1.82, 2.24) is 29.9 Å². The quantitative estimate of drug-likeness (QED) is 0.362. The van der Waals surface area contributed by atoms with Crippen molar-refractivity contribution in [2.45, 2.75) is 29.8 Å². The molecule has 0 unspecified atom stereocenters. The number of H-pyrrole nitrogens is 1. The number of nitrogens with two attached hydrogens (primary N) is 1. The van der Waals surface area contributed by atoms with Crippen LogP contribution in [0.3, 0.4) is 0 Å². The lowest BCUT2D eigenvalue weighted by Gasteiger charge is -2.14. The van der Waals surface area contributed by atoms with Crippen LogP contribution in [0.4, 0.5) is 25.1 Å². The highest BCUT2D eigenvalue weighted by Crippen LogP contribution is 2.31. The Balaban J connectivity index is 1.83. The third-order valence-corrected chi connectivity index (χ3v) is 4.78. The predicted molar refractivity (Wildman–Crippen MR) is 93.4 cm³/mol. The average Bonchev–Trinajstić information content (AvgIpc) is 3.06. The first kappa shape index (κ1) is 19.6. The van der Waals surface area contributed by atoms with Gasteiger partial charge in [-0.25, -0.2) is 15.0 Å². The molecule has 14 heteroatoms. The number of carbonyl (C=O) groups excluding carboxylic acids is 1. The lowest BCUT2D eigenvalue weighted by atomic mass is 10.3. The highest BCUT2D eigenvalue weighted by Gasteiger charge is 2.34. The minimum atomic E-state index is -4.80. The van der Waals surface area contributed by atoms with Crippen molar-refractivity contribution in [2.75, 3.05) is 11.1 Å². The molecule has 0 aliphatic carbocycles. The van der Waals surface area contributed by atoms with E-state index in [4.69, 9.17) is 5.73 Å². The van der Waals surface area contributed by atoms with E-state index in [0.717, 1.165) is 11.8 Å². The van der Waals surface area contributed by atoms with Crippen LogP contribution in [0.15, 0.2) is 17.4 Å². The molecular weight excluding hydrogens is 401 g/mol. The molecule has 0 radical (unpaired) electrons. The first-order chi connectivity index (χ1) is 13.2. The molecule has 0 aliphatic heterocycles. The fourth-order valence-electron chi connectivity index (χ4n) is 2.19. The van der Waals surface area contributed by atoms with Crippen molar-refractivity contribution in [3.63, 3.8) is 0 Å². The highest BCUT2D eigenvalue weighted by atomic mass is 32.2. The van der Waals surface area contributed by atoms with Crippen molar-refractivity contribution < 1.29 is 23.1 Å². The van der Waals surface area contributed by atoms with Crippen LogP contribution in [-0.2, 0) is 11.0 Å². The van der Waals surface area contributed by atoms with Crippen LogP contribution in [0, 0.1) is 0 Å². The van der Waals surface area contributed by atoms with Crippen molar-refractivity contribution >= 4 is 40.7 Å². The standard InChI is InChI=1S/C14H13F3N8O2S/c1-2-5(28-11-8-9(20-4-19-8)23-12(18)25-11)10(27)24-13-21-6(14(15,16)17)3-7(26)22-13/h3-5H,2H2,1H3,(H3,18,19,20,23,25)(H2,21,22,24,26,27)/t5-/m1/s1. The second kappa shape index (κ2) is 7.46. The number of hydrogen-bond acceptors (Lipinski definition) is 9. The molecule has 3 heterocycles. The zero-order chi connectivity index (χ0) is 20.5. The van der Waals surface area contributed by atoms with E-state index in [2.05, 4.69) is 35.2 Å². The molecule has 0 fully saturated rings. The summed E-state index contributed by atoms with van der Waals surface area (Å²) < 4.78 is 38.4. The van der Waals surface area contributed by atoms with E-state index in [1.54, 1.807) is 6.92 Å². The molecule has 0 saturated heterocycles. The minimum Gasteiger partial charge on any atom is -0.493 e. The summed E-state index contributed by atoms with van der Waals surface area (Å²) >= 11 is 1.02. The lowest BCUT2D eigenvalue weighted by molar-refractivity contribution is -0.141. The monoisotopic (exact) mass is 414 g/mol. The van der Waals surface area contributed by atoms with Gasteiger partial charge in [0, 0.05) is 6.07 Å². The number of imidazole rings is 1. The number of nitrogens with one attached hydrogen (secondary N) is 2. The number of nitrogen functional groups attached to an aromatic ring is 1. The molecule has 3 aromatic heterocycles. The van der Waals surface area contributed by atoms with Gasteiger partial charge in [-0.1, -0.05) is 18.7 Å². The number of aromatic amines is 1. The number of alkyl halides is 3. The summed E-state index contributed by atoms with van der Waals surface area (Å²) in [6.45, 7) is 1.70. The van der Waals surface area contributed by atoms with E-state index in [0.29, 0.717) is 28.7 Å². The maximum atomic E-state index is 12.8. The molecule has 0 bridgehead atoms. The van der Waals surface area contributed by atoms with Crippen LogP contribution in [0.2, 0.25) is 0 Å². The first-order valence-corrected chi connectivity index (χ1v) is 8.64. The highest BCUT2D eigenvalue weighted by molar-refractivity contribution is 8.00. The molecular formula is C14H13F3N8O2S. The van der Waals surface area contributed by atoms with Gasteiger partial charge in [0.1, 0.15) is 10.5 Å². The fraction of sp³-hybridized carbons (Fsp3) is 0.286. The molecule has 148 valence electrons.